The number of guanidine groups is 1. The highest BCUT2D eigenvalue weighted by Gasteiger charge is 2.22. The Hall–Kier alpha value is -2.87. The molecule has 0 saturated carbocycles. The van der Waals surface area contributed by atoms with Crippen molar-refractivity contribution in [1.29, 1.82) is 0 Å². The molecule has 0 spiro atoms. The van der Waals surface area contributed by atoms with Gasteiger partial charge in [0.15, 0.2) is 15.8 Å². The van der Waals surface area contributed by atoms with E-state index in [1.54, 1.807) is 26.1 Å². The summed E-state index contributed by atoms with van der Waals surface area (Å²) in [6, 6.07) is 13.5. The molecule has 1 amide bonds. The highest BCUT2D eigenvalue weighted by molar-refractivity contribution is 7.90. The first kappa shape index (κ1) is 22.8. The molecule has 7 nitrogen and oxygen atoms in total. The highest BCUT2D eigenvalue weighted by Crippen LogP contribution is 2.22. The van der Waals surface area contributed by atoms with E-state index in [0.29, 0.717) is 49.9 Å². The van der Waals surface area contributed by atoms with Gasteiger partial charge in [0.25, 0.3) is 0 Å². The molecule has 3 rings (SSSR count). The van der Waals surface area contributed by atoms with Crippen LogP contribution in [0.3, 0.4) is 0 Å². The van der Waals surface area contributed by atoms with Gasteiger partial charge in [-0.2, -0.15) is 0 Å². The largest absolute Gasteiger partial charge is 0.356 e. The van der Waals surface area contributed by atoms with Gasteiger partial charge < -0.3 is 15.5 Å². The van der Waals surface area contributed by atoms with Crippen LogP contribution in [0.15, 0.2) is 52.4 Å². The molecule has 1 heterocycles. The van der Waals surface area contributed by atoms with Gasteiger partial charge in [-0.3, -0.25) is 9.79 Å². The van der Waals surface area contributed by atoms with Crippen molar-refractivity contribution in [3.8, 4) is 0 Å². The van der Waals surface area contributed by atoms with Crippen LogP contribution in [0.1, 0.15) is 35.1 Å². The van der Waals surface area contributed by atoms with Crippen molar-refractivity contribution in [3.05, 3.63) is 64.7 Å². The van der Waals surface area contributed by atoms with Gasteiger partial charge >= 0.3 is 0 Å². The van der Waals surface area contributed by atoms with E-state index in [9.17, 15) is 13.2 Å². The molecule has 2 aromatic carbocycles. The van der Waals surface area contributed by atoms with Crippen LogP contribution >= 0.6 is 0 Å². The van der Waals surface area contributed by atoms with E-state index < -0.39 is 9.84 Å². The smallest absolute Gasteiger partial charge is 0.223 e. The third-order valence-electron chi connectivity index (χ3n) is 5.38. The van der Waals surface area contributed by atoms with Crippen molar-refractivity contribution >= 4 is 21.7 Å². The molecule has 1 aliphatic heterocycles. The van der Waals surface area contributed by atoms with Crippen LogP contribution in [-0.2, 0) is 34.3 Å². The zero-order chi connectivity index (χ0) is 22.4. The minimum atomic E-state index is -3.22. The normalized spacial score (nSPS) is 13.8. The number of sulfone groups is 1. The van der Waals surface area contributed by atoms with Crippen molar-refractivity contribution in [2.45, 2.75) is 44.3 Å². The first-order valence-electron chi connectivity index (χ1n) is 10.4. The standard InChI is InChI=1S/C23H30N4O3S/c1-17-13-18(10-11-21(17)31(3,29)30)14-26-23(24-2)25-12-6-9-22(28)27-15-19-7-4-5-8-20(19)16-27/h4-5,7-8,10-11,13H,6,9,12,14-16H2,1-3H3,(H2,24,25,26). The van der Waals surface area contributed by atoms with Crippen LogP contribution in [0, 0.1) is 6.92 Å². The Morgan fingerprint density at radius 2 is 1.77 bits per heavy atom. The first-order chi connectivity index (χ1) is 14.8. The van der Waals surface area contributed by atoms with E-state index >= 15 is 0 Å². The van der Waals surface area contributed by atoms with Crippen molar-refractivity contribution in [2.24, 2.45) is 4.99 Å². The summed E-state index contributed by atoms with van der Waals surface area (Å²) in [4.78, 5) is 18.9. The van der Waals surface area contributed by atoms with E-state index in [1.165, 1.54) is 17.4 Å². The Morgan fingerprint density at radius 3 is 2.35 bits per heavy atom. The van der Waals surface area contributed by atoms with Crippen molar-refractivity contribution in [3.63, 3.8) is 0 Å². The quantitative estimate of drug-likeness (QED) is 0.390. The number of rotatable bonds is 7. The number of benzene rings is 2. The Morgan fingerprint density at radius 1 is 1.10 bits per heavy atom. The fraction of sp³-hybridized carbons (Fsp3) is 0.391. The average Bonchev–Trinajstić information content (AvgIpc) is 3.16. The van der Waals surface area contributed by atoms with E-state index in [1.807, 2.05) is 23.1 Å². The Kier molecular flexibility index (Phi) is 7.33. The van der Waals surface area contributed by atoms with Gasteiger partial charge in [0.1, 0.15) is 0 Å². The Labute approximate surface area is 184 Å². The second-order valence-corrected chi connectivity index (χ2v) is 9.83. The summed E-state index contributed by atoms with van der Waals surface area (Å²) >= 11 is 0. The van der Waals surface area contributed by atoms with Crippen LogP contribution < -0.4 is 10.6 Å². The lowest BCUT2D eigenvalue weighted by Gasteiger charge is -2.16. The molecule has 0 aliphatic carbocycles. The summed E-state index contributed by atoms with van der Waals surface area (Å²) in [7, 11) is -1.52. The maximum absolute atomic E-state index is 12.5. The van der Waals surface area contributed by atoms with E-state index in [4.69, 9.17) is 0 Å². The summed E-state index contributed by atoms with van der Waals surface area (Å²) in [5, 5.41) is 6.45. The molecule has 166 valence electrons. The molecular formula is C23H30N4O3S. The van der Waals surface area contributed by atoms with Gasteiger partial charge in [0.05, 0.1) is 4.90 Å². The van der Waals surface area contributed by atoms with Gasteiger partial charge in [0.2, 0.25) is 5.91 Å². The predicted octanol–water partition coefficient (Wildman–Crippen LogP) is 2.39. The SMILES string of the molecule is CN=C(NCCCC(=O)N1Cc2ccccc2C1)NCc1ccc(S(C)(=O)=O)c(C)c1. The molecule has 1 aliphatic rings. The maximum atomic E-state index is 12.5. The second-order valence-electron chi connectivity index (χ2n) is 7.85. The number of carbonyl (C=O) groups excluding carboxylic acids is 1. The number of nitrogens with one attached hydrogen (secondary N) is 2. The van der Waals surface area contributed by atoms with E-state index in [2.05, 4.69) is 27.8 Å². The Bertz CT molecular complexity index is 1050. The Balaban J connectivity index is 1.40. The van der Waals surface area contributed by atoms with Gasteiger partial charge in [-0.25, -0.2) is 8.42 Å². The van der Waals surface area contributed by atoms with Gasteiger partial charge in [0, 0.05) is 45.9 Å². The number of carbonyl (C=O) groups is 1. The number of hydrogen-bond donors (Lipinski definition) is 2. The first-order valence-corrected chi connectivity index (χ1v) is 12.3. The molecule has 2 N–H and O–H groups in total. The van der Waals surface area contributed by atoms with Gasteiger partial charge in [-0.05, 0) is 41.7 Å². The van der Waals surface area contributed by atoms with Crippen LogP contribution in [0.25, 0.3) is 0 Å². The summed E-state index contributed by atoms with van der Waals surface area (Å²) in [5.41, 5.74) is 4.17. The molecule has 0 saturated heterocycles. The molecule has 0 bridgehead atoms. The molecule has 0 fully saturated rings. The minimum absolute atomic E-state index is 0.169. The molecule has 31 heavy (non-hydrogen) atoms. The molecule has 2 aromatic rings. The minimum Gasteiger partial charge on any atom is -0.356 e. The lowest BCUT2D eigenvalue weighted by molar-refractivity contribution is -0.131. The third kappa shape index (κ3) is 6.07. The summed E-state index contributed by atoms with van der Waals surface area (Å²) in [6.45, 7) is 4.35. The fourth-order valence-corrected chi connectivity index (χ4v) is 4.72. The maximum Gasteiger partial charge on any atom is 0.223 e. The molecule has 8 heteroatoms. The second kappa shape index (κ2) is 9.96. The molecule has 0 radical (unpaired) electrons. The van der Waals surface area contributed by atoms with E-state index in [0.717, 1.165) is 11.1 Å². The number of amides is 1. The lowest BCUT2D eigenvalue weighted by atomic mass is 10.1. The number of hydrogen-bond acceptors (Lipinski definition) is 4. The van der Waals surface area contributed by atoms with Crippen molar-refractivity contribution in [2.75, 3.05) is 19.8 Å². The lowest BCUT2D eigenvalue weighted by Crippen LogP contribution is -2.37. The fourth-order valence-electron chi connectivity index (χ4n) is 3.76. The monoisotopic (exact) mass is 442 g/mol. The summed E-state index contributed by atoms with van der Waals surface area (Å²) in [5.74, 6) is 0.813. The van der Waals surface area contributed by atoms with Crippen LogP contribution in [-0.4, -0.2) is 45.0 Å². The van der Waals surface area contributed by atoms with Crippen molar-refractivity contribution in [1.82, 2.24) is 15.5 Å². The van der Waals surface area contributed by atoms with Gasteiger partial charge in [-0.1, -0.05) is 36.4 Å². The zero-order valence-corrected chi connectivity index (χ0v) is 19.1. The summed E-state index contributed by atoms with van der Waals surface area (Å²) in [6.07, 6.45) is 2.42. The number of nitrogens with zero attached hydrogens (tertiary/aromatic N) is 2. The number of aliphatic imine (C=N–C) groups is 1. The molecule has 0 aromatic heterocycles. The zero-order valence-electron chi connectivity index (χ0n) is 18.3. The third-order valence-corrected chi connectivity index (χ3v) is 6.63. The molecular weight excluding hydrogens is 412 g/mol. The molecule has 0 unspecified atom stereocenters. The number of fused-ring (bicyclic) bond motifs is 1. The average molecular weight is 443 g/mol. The van der Waals surface area contributed by atoms with Crippen LogP contribution in [0.4, 0.5) is 0 Å². The van der Waals surface area contributed by atoms with Crippen LogP contribution in [0.5, 0.6) is 0 Å². The highest BCUT2D eigenvalue weighted by atomic mass is 32.2. The topological polar surface area (TPSA) is 90.9 Å². The number of aryl methyl sites for hydroxylation is 1. The van der Waals surface area contributed by atoms with Crippen LogP contribution in [0.2, 0.25) is 0 Å². The predicted molar refractivity (Wildman–Crippen MR) is 122 cm³/mol. The molecule has 0 atom stereocenters. The van der Waals surface area contributed by atoms with Crippen molar-refractivity contribution < 1.29 is 13.2 Å². The van der Waals surface area contributed by atoms with Gasteiger partial charge in [-0.15, -0.1) is 0 Å². The van der Waals surface area contributed by atoms with E-state index in [-0.39, 0.29) is 5.91 Å². The summed E-state index contributed by atoms with van der Waals surface area (Å²) < 4.78 is 23.5.